The molecule has 1 aromatic carbocycles. The second-order valence-electron chi connectivity index (χ2n) is 5.56. The number of anilines is 2. The molecule has 2 N–H and O–H groups in total. The van der Waals surface area contributed by atoms with Crippen LogP contribution in [0, 0.1) is 0 Å². The monoisotopic (exact) mass is 363 g/mol. The summed E-state index contributed by atoms with van der Waals surface area (Å²) in [5.41, 5.74) is 1.70. The molecule has 1 atom stereocenters. The molecule has 1 amide bonds. The first-order valence-corrected chi connectivity index (χ1v) is 8.30. The lowest BCUT2D eigenvalue weighted by molar-refractivity contribution is 0.102. The maximum Gasteiger partial charge on any atom is 0.257 e. The minimum atomic E-state index is -0.303. The maximum atomic E-state index is 12.6. The molecule has 0 bridgehead atoms. The molecule has 0 saturated carbocycles. The zero-order chi connectivity index (χ0) is 18.4. The van der Waals surface area contributed by atoms with Gasteiger partial charge >= 0.3 is 0 Å². The van der Waals surface area contributed by atoms with Gasteiger partial charge in [0.15, 0.2) is 0 Å². The number of ether oxygens (including phenoxy) is 2. The first-order chi connectivity index (χ1) is 12.0. The molecule has 1 heterocycles. The van der Waals surface area contributed by atoms with Crippen LogP contribution in [-0.4, -0.2) is 31.2 Å². The number of carbonyl (C=O) groups excluding carboxylic acids is 1. The van der Waals surface area contributed by atoms with Gasteiger partial charge in [-0.1, -0.05) is 18.5 Å². The normalized spacial score (nSPS) is 11.6. The maximum absolute atomic E-state index is 12.6. The number of methoxy groups -OCH3 is 2. The Bertz CT molecular complexity index is 752. The number of nitrogens with zero attached hydrogens (tertiary/aromatic N) is 1. The number of pyridine rings is 1. The molecule has 0 aliphatic rings. The van der Waals surface area contributed by atoms with Gasteiger partial charge in [-0.15, -0.1) is 0 Å². The van der Waals surface area contributed by atoms with E-state index in [4.69, 9.17) is 21.1 Å². The van der Waals surface area contributed by atoms with Crippen LogP contribution in [0.5, 0.6) is 11.5 Å². The molecule has 0 spiro atoms. The van der Waals surface area contributed by atoms with Crippen LogP contribution in [0.3, 0.4) is 0 Å². The van der Waals surface area contributed by atoms with E-state index in [1.54, 1.807) is 24.4 Å². The van der Waals surface area contributed by atoms with Crippen LogP contribution in [0.15, 0.2) is 30.6 Å². The third-order valence-electron chi connectivity index (χ3n) is 3.75. The van der Waals surface area contributed by atoms with Gasteiger partial charge in [-0.05, 0) is 19.4 Å². The van der Waals surface area contributed by atoms with Gasteiger partial charge in [0.1, 0.15) is 11.5 Å². The third-order valence-corrected chi connectivity index (χ3v) is 4.04. The second-order valence-corrected chi connectivity index (χ2v) is 5.96. The van der Waals surface area contributed by atoms with Gasteiger partial charge in [0.25, 0.3) is 5.91 Å². The number of hydrogen-bond acceptors (Lipinski definition) is 5. The number of benzene rings is 1. The van der Waals surface area contributed by atoms with Crippen LogP contribution in [0.1, 0.15) is 30.6 Å². The van der Waals surface area contributed by atoms with Crippen LogP contribution >= 0.6 is 11.6 Å². The quantitative estimate of drug-likeness (QED) is 0.770. The standard InChI is InChI=1S/C18H22ClN3O3/c1-5-11(2)21-13-6-12(9-20-10-13)18(23)22-15-8-16(24-3)14(19)7-17(15)25-4/h6-11,21H,5H2,1-4H3,(H,22,23). The Kier molecular flexibility index (Phi) is 6.47. The van der Waals surface area contributed by atoms with Crippen molar-refractivity contribution in [2.75, 3.05) is 24.9 Å². The molecule has 0 fully saturated rings. The molecular weight excluding hydrogens is 342 g/mol. The fourth-order valence-corrected chi connectivity index (χ4v) is 2.41. The van der Waals surface area contributed by atoms with Crippen molar-refractivity contribution in [2.24, 2.45) is 0 Å². The van der Waals surface area contributed by atoms with Crippen molar-refractivity contribution in [1.29, 1.82) is 0 Å². The molecule has 134 valence electrons. The summed E-state index contributed by atoms with van der Waals surface area (Å²) in [5, 5.41) is 6.50. The van der Waals surface area contributed by atoms with Gasteiger partial charge in [-0.3, -0.25) is 9.78 Å². The lowest BCUT2D eigenvalue weighted by atomic mass is 10.2. The average Bonchev–Trinajstić information content (AvgIpc) is 2.62. The largest absolute Gasteiger partial charge is 0.495 e. The van der Waals surface area contributed by atoms with Gasteiger partial charge < -0.3 is 20.1 Å². The van der Waals surface area contributed by atoms with Crippen LogP contribution in [0.4, 0.5) is 11.4 Å². The predicted octanol–water partition coefficient (Wildman–Crippen LogP) is 4.21. The highest BCUT2D eigenvalue weighted by Gasteiger charge is 2.14. The number of halogens is 1. The highest BCUT2D eigenvalue weighted by atomic mass is 35.5. The van der Waals surface area contributed by atoms with Crippen molar-refractivity contribution in [3.8, 4) is 11.5 Å². The number of carbonyl (C=O) groups is 1. The van der Waals surface area contributed by atoms with Gasteiger partial charge in [-0.2, -0.15) is 0 Å². The van der Waals surface area contributed by atoms with E-state index in [0.29, 0.717) is 33.8 Å². The van der Waals surface area contributed by atoms with Crippen molar-refractivity contribution < 1.29 is 14.3 Å². The molecule has 1 aromatic heterocycles. The van der Waals surface area contributed by atoms with E-state index in [0.717, 1.165) is 12.1 Å². The molecule has 0 radical (unpaired) electrons. The topological polar surface area (TPSA) is 72.5 Å². The average molecular weight is 364 g/mol. The van der Waals surface area contributed by atoms with Crippen molar-refractivity contribution in [1.82, 2.24) is 4.98 Å². The van der Waals surface area contributed by atoms with Crippen LogP contribution in [0.25, 0.3) is 0 Å². The summed E-state index contributed by atoms with van der Waals surface area (Å²) < 4.78 is 10.5. The number of nitrogens with one attached hydrogen (secondary N) is 2. The summed E-state index contributed by atoms with van der Waals surface area (Å²) in [7, 11) is 3.01. The minimum absolute atomic E-state index is 0.292. The Morgan fingerprint density at radius 3 is 2.56 bits per heavy atom. The van der Waals surface area contributed by atoms with Crippen molar-refractivity contribution in [3.05, 3.63) is 41.2 Å². The van der Waals surface area contributed by atoms with Gasteiger partial charge in [0.05, 0.1) is 36.2 Å². The van der Waals surface area contributed by atoms with Crippen molar-refractivity contribution in [2.45, 2.75) is 26.3 Å². The summed E-state index contributed by atoms with van der Waals surface area (Å²) in [6, 6.07) is 5.26. The third kappa shape index (κ3) is 4.76. The molecule has 2 rings (SSSR count). The van der Waals surface area contributed by atoms with Crippen molar-refractivity contribution in [3.63, 3.8) is 0 Å². The molecule has 0 aliphatic heterocycles. The van der Waals surface area contributed by atoms with Crippen LogP contribution < -0.4 is 20.1 Å². The summed E-state index contributed by atoms with van der Waals surface area (Å²) in [5.74, 6) is 0.590. The lowest BCUT2D eigenvalue weighted by Crippen LogP contribution is -2.16. The number of rotatable bonds is 7. The molecule has 2 aromatic rings. The Hall–Kier alpha value is -2.47. The van der Waals surface area contributed by atoms with E-state index in [-0.39, 0.29) is 5.91 Å². The van der Waals surface area contributed by atoms with E-state index in [1.165, 1.54) is 20.4 Å². The van der Waals surface area contributed by atoms with E-state index >= 15 is 0 Å². The minimum Gasteiger partial charge on any atom is -0.495 e. The Labute approximate surface area is 152 Å². The molecular formula is C18H22ClN3O3. The molecule has 6 nitrogen and oxygen atoms in total. The zero-order valence-corrected chi connectivity index (χ0v) is 15.5. The summed E-state index contributed by atoms with van der Waals surface area (Å²) >= 11 is 6.08. The van der Waals surface area contributed by atoms with Gasteiger partial charge in [0, 0.05) is 30.6 Å². The highest BCUT2D eigenvalue weighted by Crippen LogP contribution is 2.36. The Morgan fingerprint density at radius 1 is 1.20 bits per heavy atom. The molecule has 0 aliphatic carbocycles. The summed E-state index contributed by atoms with van der Waals surface area (Å²) in [4.78, 5) is 16.7. The fourth-order valence-electron chi connectivity index (χ4n) is 2.18. The first kappa shape index (κ1) is 18.9. The molecule has 25 heavy (non-hydrogen) atoms. The molecule has 7 heteroatoms. The van der Waals surface area contributed by atoms with E-state index in [9.17, 15) is 4.79 Å². The van der Waals surface area contributed by atoms with E-state index < -0.39 is 0 Å². The Balaban J connectivity index is 2.23. The number of amides is 1. The highest BCUT2D eigenvalue weighted by molar-refractivity contribution is 6.32. The summed E-state index contributed by atoms with van der Waals surface area (Å²) in [6.07, 6.45) is 4.17. The lowest BCUT2D eigenvalue weighted by Gasteiger charge is -2.15. The zero-order valence-electron chi connectivity index (χ0n) is 14.7. The first-order valence-electron chi connectivity index (χ1n) is 7.93. The van der Waals surface area contributed by atoms with Crippen LogP contribution in [-0.2, 0) is 0 Å². The predicted molar refractivity (Wildman–Crippen MR) is 100 cm³/mol. The Morgan fingerprint density at radius 2 is 1.92 bits per heavy atom. The van der Waals surface area contributed by atoms with Gasteiger partial charge in [0.2, 0.25) is 0 Å². The summed E-state index contributed by atoms with van der Waals surface area (Å²) in [6.45, 7) is 4.15. The second kappa shape index (κ2) is 8.58. The molecule has 1 unspecified atom stereocenters. The smallest absolute Gasteiger partial charge is 0.257 e. The molecule has 0 saturated heterocycles. The number of hydrogen-bond donors (Lipinski definition) is 2. The van der Waals surface area contributed by atoms with Gasteiger partial charge in [-0.25, -0.2) is 0 Å². The van der Waals surface area contributed by atoms with E-state index in [2.05, 4.69) is 29.5 Å². The van der Waals surface area contributed by atoms with Crippen LogP contribution in [0.2, 0.25) is 5.02 Å². The van der Waals surface area contributed by atoms with E-state index in [1.807, 2.05) is 0 Å². The SMILES string of the molecule is CCC(C)Nc1cncc(C(=O)Nc2cc(OC)c(Cl)cc2OC)c1. The van der Waals surface area contributed by atoms with Crippen molar-refractivity contribution >= 4 is 28.9 Å². The fraction of sp³-hybridized carbons (Fsp3) is 0.333. The number of aromatic nitrogens is 1.